The maximum atomic E-state index is 11.5. The van der Waals surface area contributed by atoms with Gasteiger partial charge in [-0.25, -0.2) is 9.89 Å². The maximum absolute atomic E-state index is 11.5. The highest BCUT2D eigenvalue weighted by molar-refractivity contribution is 5.94. The molecular formula is C15H14N2O3. The lowest BCUT2D eigenvalue weighted by molar-refractivity contribution is -0.135. The van der Waals surface area contributed by atoms with Crippen molar-refractivity contribution in [3.05, 3.63) is 57.9 Å². The Balaban J connectivity index is 2.55. The summed E-state index contributed by atoms with van der Waals surface area (Å²) in [4.78, 5) is 22.9. The van der Waals surface area contributed by atoms with Crippen LogP contribution in [0.15, 0.2) is 46.8 Å². The van der Waals surface area contributed by atoms with E-state index in [1.807, 2.05) is 30.3 Å². The van der Waals surface area contributed by atoms with Crippen molar-refractivity contribution in [3.8, 4) is 11.3 Å². The number of ether oxygens (including phenoxy) is 1. The molecule has 5 heteroatoms. The normalized spacial score (nSPS) is 11.2. The first-order chi connectivity index (χ1) is 9.61. The number of benzene rings is 1. The minimum absolute atomic E-state index is 0.325. The molecule has 1 aromatic heterocycles. The van der Waals surface area contributed by atoms with Crippen LogP contribution in [0.2, 0.25) is 0 Å². The Hall–Kier alpha value is -2.69. The molecule has 0 radical (unpaired) electrons. The van der Waals surface area contributed by atoms with Crippen LogP contribution in [0.3, 0.4) is 0 Å². The van der Waals surface area contributed by atoms with Crippen LogP contribution in [0.1, 0.15) is 12.5 Å². The van der Waals surface area contributed by atoms with Crippen LogP contribution < -0.4 is 5.56 Å². The molecule has 5 nitrogen and oxygen atoms in total. The fraction of sp³-hybridized carbons (Fsp3) is 0.133. The molecule has 1 N–H and O–H groups in total. The van der Waals surface area contributed by atoms with Crippen LogP contribution in [0.5, 0.6) is 0 Å². The van der Waals surface area contributed by atoms with Crippen molar-refractivity contribution in [1.82, 2.24) is 10.2 Å². The number of rotatable bonds is 3. The van der Waals surface area contributed by atoms with Crippen LogP contribution in [0.4, 0.5) is 0 Å². The molecule has 0 saturated heterocycles. The molecule has 0 atom stereocenters. The van der Waals surface area contributed by atoms with Crippen molar-refractivity contribution >= 4 is 12.0 Å². The van der Waals surface area contributed by atoms with E-state index in [0.29, 0.717) is 16.8 Å². The van der Waals surface area contributed by atoms with Gasteiger partial charge in [0.15, 0.2) is 0 Å². The highest BCUT2D eigenvalue weighted by Crippen LogP contribution is 2.21. The lowest BCUT2D eigenvalue weighted by Gasteiger charge is -2.05. The summed E-state index contributed by atoms with van der Waals surface area (Å²) in [7, 11) is 1.31. The highest BCUT2D eigenvalue weighted by atomic mass is 16.5. The number of nitrogens with one attached hydrogen (secondary N) is 1. The minimum atomic E-state index is -0.440. The van der Waals surface area contributed by atoms with E-state index in [1.54, 1.807) is 13.0 Å². The second-order valence-corrected chi connectivity index (χ2v) is 4.22. The molecule has 2 aromatic rings. The predicted octanol–water partition coefficient (Wildman–Crippen LogP) is 2.01. The van der Waals surface area contributed by atoms with Gasteiger partial charge in [-0.3, -0.25) is 4.79 Å². The number of hydrogen-bond donors (Lipinski definition) is 1. The number of methoxy groups -OCH3 is 1. The zero-order chi connectivity index (χ0) is 14.5. The van der Waals surface area contributed by atoms with Crippen molar-refractivity contribution in [2.75, 3.05) is 7.11 Å². The van der Waals surface area contributed by atoms with Gasteiger partial charge in [-0.1, -0.05) is 30.3 Å². The smallest absolute Gasteiger partial charge is 0.333 e. The summed E-state index contributed by atoms with van der Waals surface area (Å²) in [5, 5.41) is 6.46. The van der Waals surface area contributed by atoms with E-state index in [2.05, 4.69) is 14.9 Å². The van der Waals surface area contributed by atoms with E-state index >= 15 is 0 Å². The SMILES string of the molecule is COC(=O)/C(C)=C/c1cc(=O)[nH]nc1-c1ccccc1. The van der Waals surface area contributed by atoms with Crippen molar-refractivity contribution in [1.29, 1.82) is 0 Å². The van der Waals surface area contributed by atoms with E-state index in [-0.39, 0.29) is 5.56 Å². The van der Waals surface area contributed by atoms with Crippen LogP contribution in [0, 0.1) is 0 Å². The molecule has 1 aromatic carbocycles. The molecule has 0 spiro atoms. The molecule has 102 valence electrons. The van der Waals surface area contributed by atoms with Gasteiger partial charge in [0.25, 0.3) is 5.56 Å². The fourth-order valence-electron chi connectivity index (χ4n) is 1.81. The van der Waals surface area contributed by atoms with Crippen LogP contribution >= 0.6 is 0 Å². The molecule has 0 unspecified atom stereocenters. The number of hydrogen-bond acceptors (Lipinski definition) is 4. The number of esters is 1. The van der Waals surface area contributed by atoms with Gasteiger partial charge in [0.2, 0.25) is 0 Å². The quantitative estimate of drug-likeness (QED) is 0.684. The Labute approximate surface area is 115 Å². The third kappa shape index (κ3) is 3.00. The van der Waals surface area contributed by atoms with Gasteiger partial charge in [-0.05, 0) is 13.0 Å². The second-order valence-electron chi connectivity index (χ2n) is 4.22. The molecule has 0 fully saturated rings. The van der Waals surface area contributed by atoms with Crippen molar-refractivity contribution in [3.63, 3.8) is 0 Å². The van der Waals surface area contributed by atoms with Gasteiger partial charge in [0.05, 0.1) is 12.8 Å². The first-order valence-corrected chi connectivity index (χ1v) is 6.03. The first kappa shape index (κ1) is 13.7. The Morgan fingerprint density at radius 1 is 1.30 bits per heavy atom. The molecule has 0 aliphatic heterocycles. The monoisotopic (exact) mass is 270 g/mol. The summed E-state index contributed by atoms with van der Waals surface area (Å²) < 4.78 is 4.65. The number of nitrogens with zero attached hydrogens (tertiary/aromatic N) is 1. The van der Waals surface area contributed by atoms with E-state index < -0.39 is 5.97 Å². The summed E-state index contributed by atoms with van der Waals surface area (Å²) in [6, 6.07) is 10.8. The largest absolute Gasteiger partial charge is 0.466 e. The third-order valence-corrected chi connectivity index (χ3v) is 2.76. The highest BCUT2D eigenvalue weighted by Gasteiger charge is 2.09. The Morgan fingerprint density at radius 2 is 2.00 bits per heavy atom. The van der Waals surface area contributed by atoms with Gasteiger partial charge in [-0.15, -0.1) is 0 Å². The zero-order valence-corrected chi connectivity index (χ0v) is 11.2. The predicted molar refractivity (Wildman–Crippen MR) is 76.0 cm³/mol. The topological polar surface area (TPSA) is 72.1 Å². The molecule has 0 bridgehead atoms. The number of carbonyl (C=O) groups is 1. The molecular weight excluding hydrogens is 256 g/mol. The van der Waals surface area contributed by atoms with Gasteiger partial charge >= 0.3 is 5.97 Å². The molecule has 0 aliphatic carbocycles. The Kier molecular flexibility index (Phi) is 4.10. The minimum Gasteiger partial charge on any atom is -0.466 e. The van der Waals surface area contributed by atoms with Crippen molar-refractivity contribution < 1.29 is 9.53 Å². The van der Waals surface area contributed by atoms with Crippen LogP contribution in [0.25, 0.3) is 17.3 Å². The summed E-state index contributed by atoms with van der Waals surface area (Å²) in [5.74, 6) is -0.440. The first-order valence-electron chi connectivity index (χ1n) is 6.03. The summed E-state index contributed by atoms with van der Waals surface area (Å²) in [6.45, 7) is 1.63. The van der Waals surface area contributed by atoms with Crippen LogP contribution in [-0.2, 0) is 9.53 Å². The molecule has 20 heavy (non-hydrogen) atoms. The average molecular weight is 270 g/mol. The Morgan fingerprint density at radius 3 is 2.65 bits per heavy atom. The molecule has 1 heterocycles. The molecule has 0 amide bonds. The van der Waals surface area contributed by atoms with E-state index in [4.69, 9.17) is 0 Å². The summed E-state index contributed by atoms with van der Waals surface area (Å²) >= 11 is 0. The maximum Gasteiger partial charge on any atom is 0.333 e. The fourth-order valence-corrected chi connectivity index (χ4v) is 1.81. The number of H-pyrrole nitrogens is 1. The van der Waals surface area contributed by atoms with Gasteiger partial charge in [0, 0.05) is 22.8 Å². The van der Waals surface area contributed by atoms with E-state index in [1.165, 1.54) is 13.2 Å². The third-order valence-electron chi connectivity index (χ3n) is 2.76. The van der Waals surface area contributed by atoms with E-state index in [0.717, 1.165) is 5.56 Å². The summed E-state index contributed by atoms with van der Waals surface area (Å²) in [6.07, 6.45) is 1.59. The lowest BCUT2D eigenvalue weighted by atomic mass is 10.0. The molecule has 0 aliphatic rings. The van der Waals surface area contributed by atoms with Crippen LogP contribution in [-0.4, -0.2) is 23.3 Å². The molecule has 0 saturated carbocycles. The lowest BCUT2D eigenvalue weighted by Crippen LogP contribution is -2.09. The van der Waals surface area contributed by atoms with Crippen molar-refractivity contribution in [2.45, 2.75) is 6.92 Å². The van der Waals surface area contributed by atoms with Gasteiger partial charge < -0.3 is 4.74 Å². The van der Waals surface area contributed by atoms with Gasteiger partial charge in [0.1, 0.15) is 0 Å². The summed E-state index contributed by atoms with van der Waals surface area (Å²) in [5.41, 5.74) is 2.11. The average Bonchev–Trinajstić information content (AvgIpc) is 2.47. The number of carbonyl (C=O) groups excluding carboxylic acids is 1. The van der Waals surface area contributed by atoms with Crippen molar-refractivity contribution in [2.24, 2.45) is 0 Å². The standard InChI is InChI=1S/C15H14N2O3/c1-10(15(19)20-2)8-12-9-13(18)16-17-14(12)11-6-4-3-5-7-11/h3-9H,1-2H3,(H,16,18)/b10-8+. The number of aromatic amines is 1. The van der Waals surface area contributed by atoms with Gasteiger partial charge in [-0.2, -0.15) is 5.10 Å². The van der Waals surface area contributed by atoms with E-state index in [9.17, 15) is 9.59 Å². The second kappa shape index (κ2) is 5.97. The Bertz CT molecular complexity index is 703. The zero-order valence-electron chi connectivity index (χ0n) is 11.2. The molecule has 2 rings (SSSR count). The number of aromatic nitrogens is 2.